The van der Waals surface area contributed by atoms with Gasteiger partial charge in [-0.2, -0.15) is 0 Å². The Hall–Kier alpha value is -1.96. The van der Waals surface area contributed by atoms with E-state index in [-0.39, 0.29) is 11.8 Å². The number of aryl methyl sites for hydroxylation is 1. The molecule has 148 valence electrons. The highest BCUT2D eigenvalue weighted by molar-refractivity contribution is 7.17. The first-order valence-electron chi connectivity index (χ1n) is 9.54. The lowest BCUT2D eigenvalue weighted by Gasteiger charge is -2.34. The number of nitrogens with one attached hydrogen (secondary N) is 1. The molecule has 1 N–H and O–H groups in total. The Morgan fingerprint density at radius 1 is 1.25 bits per heavy atom. The zero-order chi connectivity index (χ0) is 19.7. The lowest BCUT2D eigenvalue weighted by molar-refractivity contribution is -0.122. The molecule has 1 saturated heterocycles. The van der Waals surface area contributed by atoms with E-state index in [9.17, 15) is 9.59 Å². The fourth-order valence-corrected chi connectivity index (χ4v) is 4.52. The number of hydrogen-bond acceptors (Lipinski definition) is 5. The van der Waals surface area contributed by atoms with Crippen molar-refractivity contribution < 1.29 is 9.59 Å². The molecule has 0 unspecified atom stereocenters. The van der Waals surface area contributed by atoms with Gasteiger partial charge in [0.15, 0.2) is 0 Å². The number of aromatic nitrogens is 1. The minimum atomic E-state index is 0.0189. The minimum absolute atomic E-state index is 0.0189. The molecule has 2 fully saturated rings. The number of hydrogen-bond donors (Lipinski definition) is 1. The molecule has 0 radical (unpaired) electrons. The fraction of sp³-hybridized carbons (Fsp3) is 0.450. The van der Waals surface area contributed by atoms with Gasteiger partial charge in [-0.15, -0.1) is 11.3 Å². The van der Waals surface area contributed by atoms with Crippen LogP contribution in [0, 0.1) is 6.92 Å². The Labute approximate surface area is 173 Å². The molecule has 6 nitrogen and oxygen atoms in total. The second kappa shape index (κ2) is 8.19. The molecule has 8 heteroatoms. The van der Waals surface area contributed by atoms with E-state index in [2.05, 4.69) is 15.2 Å². The van der Waals surface area contributed by atoms with Gasteiger partial charge in [0.25, 0.3) is 5.91 Å². The molecule has 2 heterocycles. The summed E-state index contributed by atoms with van der Waals surface area (Å²) in [6.07, 6.45) is 2.19. The van der Waals surface area contributed by atoms with Crippen LogP contribution in [0.1, 0.15) is 28.2 Å². The third-order valence-electron chi connectivity index (χ3n) is 5.03. The van der Waals surface area contributed by atoms with Gasteiger partial charge in [0.05, 0.1) is 12.2 Å². The summed E-state index contributed by atoms with van der Waals surface area (Å²) >= 11 is 7.48. The maximum absolute atomic E-state index is 13.0. The first-order valence-corrected chi connectivity index (χ1v) is 10.7. The van der Waals surface area contributed by atoms with Crippen LogP contribution in [-0.2, 0) is 4.79 Å². The van der Waals surface area contributed by atoms with E-state index in [1.807, 2.05) is 36.1 Å². The van der Waals surface area contributed by atoms with E-state index in [4.69, 9.17) is 11.6 Å². The third-order valence-corrected chi connectivity index (χ3v) is 6.46. The number of benzene rings is 1. The molecule has 2 amide bonds. The van der Waals surface area contributed by atoms with Gasteiger partial charge in [-0.25, -0.2) is 4.98 Å². The number of piperazine rings is 1. The molecule has 2 aromatic rings. The highest BCUT2D eigenvalue weighted by atomic mass is 35.5. The standard InChI is InChI=1S/C20H23ClN4O2S/c1-13-18(28-19(22-13)14-3-2-4-15(21)11-14)20(27)25-9-7-24(8-10-25)12-17(26)23-16-5-6-16/h2-4,11,16H,5-10,12H2,1H3,(H,23,26). The van der Waals surface area contributed by atoms with E-state index < -0.39 is 0 Å². The van der Waals surface area contributed by atoms with Crippen molar-refractivity contribution in [2.75, 3.05) is 32.7 Å². The zero-order valence-corrected chi connectivity index (χ0v) is 17.4. The van der Waals surface area contributed by atoms with Crippen molar-refractivity contribution in [3.05, 3.63) is 39.9 Å². The molecule has 0 bridgehead atoms. The monoisotopic (exact) mass is 418 g/mol. The molecule has 0 spiro atoms. The SMILES string of the molecule is Cc1nc(-c2cccc(Cl)c2)sc1C(=O)N1CCN(CC(=O)NC2CC2)CC1. The van der Waals surface area contributed by atoms with Crippen LogP contribution in [0.15, 0.2) is 24.3 Å². The Morgan fingerprint density at radius 3 is 2.68 bits per heavy atom. The van der Waals surface area contributed by atoms with Crippen LogP contribution in [-0.4, -0.2) is 65.4 Å². The van der Waals surface area contributed by atoms with Gasteiger partial charge in [-0.1, -0.05) is 23.7 Å². The smallest absolute Gasteiger partial charge is 0.265 e. The molecule has 1 aromatic carbocycles. The van der Waals surface area contributed by atoms with E-state index in [1.54, 1.807) is 0 Å². The van der Waals surface area contributed by atoms with Crippen LogP contribution in [0.3, 0.4) is 0 Å². The Kier molecular flexibility index (Phi) is 5.66. The maximum atomic E-state index is 13.0. The van der Waals surface area contributed by atoms with Crippen LogP contribution >= 0.6 is 22.9 Å². The van der Waals surface area contributed by atoms with Crippen molar-refractivity contribution in [3.8, 4) is 10.6 Å². The summed E-state index contributed by atoms with van der Waals surface area (Å²) < 4.78 is 0. The van der Waals surface area contributed by atoms with Crippen molar-refractivity contribution in [3.63, 3.8) is 0 Å². The third kappa shape index (κ3) is 4.54. The van der Waals surface area contributed by atoms with E-state index in [0.29, 0.717) is 48.7 Å². The van der Waals surface area contributed by atoms with Gasteiger partial charge in [-0.05, 0) is 31.9 Å². The maximum Gasteiger partial charge on any atom is 0.265 e. The summed E-state index contributed by atoms with van der Waals surface area (Å²) in [4.78, 5) is 34.2. The lowest BCUT2D eigenvalue weighted by Crippen LogP contribution is -2.51. The van der Waals surface area contributed by atoms with Crippen molar-refractivity contribution in [1.29, 1.82) is 0 Å². The number of thiazole rings is 1. The van der Waals surface area contributed by atoms with Gasteiger partial charge in [0, 0.05) is 42.8 Å². The molecule has 28 heavy (non-hydrogen) atoms. The number of carbonyl (C=O) groups excluding carboxylic acids is 2. The molecule has 0 atom stereocenters. The summed E-state index contributed by atoms with van der Waals surface area (Å²) in [6, 6.07) is 7.90. The van der Waals surface area contributed by atoms with Crippen molar-refractivity contribution >= 4 is 34.8 Å². The van der Waals surface area contributed by atoms with E-state index in [1.165, 1.54) is 11.3 Å². The average molecular weight is 419 g/mol. The first-order chi connectivity index (χ1) is 13.5. The summed E-state index contributed by atoms with van der Waals surface area (Å²) in [6.45, 7) is 4.96. The summed E-state index contributed by atoms with van der Waals surface area (Å²) in [5.74, 6) is 0.108. The molecular weight excluding hydrogens is 396 g/mol. The molecule has 1 saturated carbocycles. The number of rotatable bonds is 5. The number of nitrogens with zero attached hydrogens (tertiary/aromatic N) is 3. The number of amides is 2. The Balaban J connectivity index is 1.36. The minimum Gasteiger partial charge on any atom is -0.352 e. The highest BCUT2D eigenvalue weighted by Gasteiger charge is 2.28. The molecule has 1 aromatic heterocycles. The lowest BCUT2D eigenvalue weighted by atomic mass is 10.2. The van der Waals surface area contributed by atoms with Crippen LogP contribution in [0.5, 0.6) is 0 Å². The van der Waals surface area contributed by atoms with Gasteiger partial charge in [0.1, 0.15) is 9.88 Å². The van der Waals surface area contributed by atoms with Gasteiger partial charge >= 0.3 is 0 Å². The predicted molar refractivity (Wildman–Crippen MR) is 111 cm³/mol. The van der Waals surface area contributed by atoms with Crippen molar-refractivity contribution in [1.82, 2.24) is 20.1 Å². The summed E-state index contributed by atoms with van der Waals surface area (Å²) in [7, 11) is 0. The van der Waals surface area contributed by atoms with Crippen molar-refractivity contribution in [2.45, 2.75) is 25.8 Å². The predicted octanol–water partition coefficient (Wildman–Crippen LogP) is 2.81. The topological polar surface area (TPSA) is 65.5 Å². The molecule has 4 rings (SSSR count). The van der Waals surface area contributed by atoms with Gasteiger partial charge in [-0.3, -0.25) is 14.5 Å². The second-order valence-electron chi connectivity index (χ2n) is 7.35. The highest BCUT2D eigenvalue weighted by Crippen LogP contribution is 2.30. The number of carbonyl (C=O) groups is 2. The van der Waals surface area contributed by atoms with Crippen LogP contribution < -0.4 is 5.32 Å². The zero-order valence-electron chi connectivity index (χ0n) is 15.8. The molecule has 2 aliphatic rings. The van der Waals surface area contributed by atoms with Crippen LogP contribution in [0.4, 0.5) is 0 Å². The first kappa shape index (κ1) is 19.4. The summed E-state index contributed by atoms with van der Waals surface area (Å²) in [5.41, 5.74) is 1.67. The van der Waals surface area contributed by atoms with Crippen molar-refractivity contribution in [2.24, 2.45) is 0 Å². The van der Waals surface area contributed by atoms with E-state index in [0.717, 1.165) is 29.1 Å². The quantitative estimate of drug-likeness (QED) is 0.810. The summed E-state index contributed by atoms with van der Waals surface area (Å²) in [5, 5.41) is 4.47. The normalized spacial score (nSPS) is 17.6. The molecule has 1 aliphatic carbocycles. The van der Waals surface area contributed by atoms with Crippen LogP contribution in [0.25, 0.3) is 10.6 Å². The largest absolute Gasteiger partial charge is 0.352 e. The Morgan fingerprint density at radius 2 is 2.00 bits per heavy atom. The van der Waals surface area contributed by atoms with E-state index >= 15 is 0 Å². The molecular formula is C20H23ClN4O2S. The van der Waals surface area contributed by atoms with Gasteiger partial charge < -0.3 is 10.2 Å². The molecule has 1 aliphatic heterocycles. The number of halogens is 1. The Bertz CT molecular complexity index is 888. The average Bonchev–Trinajstić information content (AvgIpc) is 3.40. The van der Waals surface area contributed by atoms with Gasteiger partial charge in [0.2, 0.25) is 5.91 Å². The second-order valence-corrected chi connectivity index (χ2v) is 8.79. The van der Waals surface area contributed by atoms with Crippen LogP contribution in [0.2, 0.25) is 5.02 Å². The fourth-order valence-electron chi connectivity index (χ4n) is 3.30.